The summed E-state index contributed by atoms with van der Waals surface area (Å²) in [6, 6.07) is 4.64. The van der Waals surface area contributed by atoms with Crippen LogP contribution in [0.25, 0.3) is 0 Å². The maximum Gasteiger partial charge on any atom is 0.258 e. The van der Waals surface area contributed by atoms with Crippen molar-refractivity contribution in [2.75, 3.05) is 12.4 Å². The second kappa shape index (κ2) is 5.53. The fourth-order valence-electron chi connectivity index (χ4n) is 1.48. The largest absolute Gasteiger partial charge is 0.355 e. The number of H-pyrrole nitrogens is 1. The van der Waals surface area contributed by atoms with E-state index in [4.69, 9.17) is 11.6 Å². The van der Waals surface area contributed by atoms with Crippen molar-refractivity contribution in [1.82, 2.24) is 15.5 Å². The average molecular weight is 279 g/mol. The van der Waals surface area contributed by atoms with E-state index in [1.54, 1.807) is 12.1 Å². The molecule has 1 heterocycles. The first-order valence-electron chi connectivity index (χ1n) is 5.43. The molecule has 2 amide bonds. The summed E-state index contributed by atoms with van der Waals surface area (Å²) in [6.07, 6.45) is 2.86. The summed E-state index contributed by atoms with van der Waals surface area (Å²) < 4.78 is 0. The lowest BCUT2D eigenvalue weighted by Crippen LogP contribution is -2.18. The van der Waals surface area contributed by atoms with Gasteiger partial charge in [0.25, 0.3) is 11.8 Å². The van der Waals surface area contributed by atoms with Crippen LogP contribution >= 0.6 is 11.6 Å². The Balaban J connectivity index is 2.24. The summed E-state index contributed by atoms with van der Waals surface area (Å²) in [5.74, 6) is -0.611. The zero-order valence-corrected chi connectivity index (χ0v) is 10.8. The third-order valence-corrected chi connectivity index (χ3v) is 2.79. The maximum atomic E-state index is 11.8. The second-order valence-corrected chi connectivity index (χ2v) is 4.12. The van der Waals surface area contributed by atoms with Gasteiger partial charge in [-0.1, -0.05) is 11.6 Å². The maximum absolute atomic E-state index is 11.8. The summed E-state index contributed by atoms with van der Waals surface area (Å²) in [4.78, 5) is 23.4. The normalized spacial score (nSPS) is 10.0. The van der Waals surface area contributed by atoms with E-state index in [2.05, 4.69) is 20.8 Å². The molecule has 2 rings (SSSR count). The Morgan fingerprint density at radius 2 is 2.05 bits per heavy atom. The first-order valence-corrected chi connectivity index (χ1v) is 5.81. The van der Waals surface area contributed by atoms with E-state index in [1.165, 1.54) is 25.5 Å². The third kappa shape index (κ3) is 2.92. The third-order valence-electron chi connectivity index (χ3n) is 2.46. The Kier molecular flexibility index (Phi) is 3.82. The standard InChI is InChI=1S/C12H11ClN4O2/c1-14-11(18)7-2-3-9(13)10(4-7)17-12(19)8-5-15-16-6-8/h2-6H,1H3,(H,14,18)(H,15,16)(H,17,19). The molecule has 0 saturated carbocycles. The molecule has 0 aliphatic carbocycles. The van der Waals surface area contributed by atoms with Crippen LogP contribution in [0.15, 0.2) is 30.6 Å². The predicted molar refractivity (Wildman–Crippen MR) is 71.4 cm³/mol. The number of hydrogen-bond donors (Lipinski definition) is 3. The molecule has 0 radical (unpaired) electrons. The van der Waals surface area contributed by atoms with Crippen LogP contribution in [0.3, 0.4) is 0 Å². The van der Waals surface area contributed by atoms with Crippen LogP contribution in [0.1, 0.15) is 20.7 Å². The zero-order valence-electron chi connectivity index (χ0n) is 10.0. The van der Waals surface area contributed by atoms with Crippen molar-refractivity contribution in [2.24, 2.45) is 0 Å². The highest BCUT2D eigenvalue weighted by Gasteiger charge is 2.12. The molecule has 0 bridgehead atoms. The van der Waals surface area contributed by atoms with Crippen molar-refractivity contribution in [2.45, 2.75) is 0 Å². The first kappa shape index (κ1) is 13.1. The zero-order chi connectivity index (χ0) is 13.8. The summed E-state index contributed by atoms with van der Waals surface area (Å²) in [7, 11) is 1.53. The molecule has 1 aromatic carbocycles. The van der Waals surface area contributed by atoms with Gasteiger partial charge in [-0.25, -0.2) is 0 Å². The summed E-state index contributed by atoms with van der Waals surface area (Å²) in [5, 5.41) is 11.7. The first-order chi connectivity index (χ1) is 9.11. The van der Waals surface area contributed by atoms with Gasteiger partial charge in [0.05, 0.1) is 22.5 Å². The van der Waals surface area contributed by atoms with Gasteiger partial charge in [-0.2, -0.15) is 5.10 Å². The van der Waals surface area contributed by atoms with Gasteiger partial charge in [0, 0.05) is 18.8 Å². The Morgan fingerprint density at radius 3 is 2.68 bits per heavy atom. The second-order valence-electron chi connectivity index (χ2n) is 3.71. The molecule has 0 aliphatic rings. The number of benzene rings is 1. The molecule has 6 nitrogen and oxygen atoms in total. The summed E-state index contributed by atoms with van der Waals surface area (Å²) in [5.41, 5.74) is 1.16. The highest BCUT2D eigenvalue weighted by molar-refractivity contribution is 6.34. The van der Waals surface area contributed by atoms with E-state index in [-0.39, 0.29) is 11.8 Å². The van der Waals surface area contributed by atoms with Crippen LogP contribution in [0.2, 0.25) is 5.02 Å². The smallest absolute Gasteiger partial charge is 0.258 e. The lowest BCUT2D eigenvalue weighted by Gasteiger charge is -2.08. The van der Waals surface area contributed by atoms with Crippen LogP contribution in [0.5, 0.6) is 0 Å². The summed E-state index contributed by atoms with van der Waals surface area (Å²) >= 11 is 5.98. The number of anilines is 1. The van der Waals surface area contributed by atoms with Crippen molar-refractivity contribution in [1.29, 1.82) is 0 Å². The number of hydrogen-bond acceptors (Lipinski definition) is 3. The predicted octanol–water partition coefficient (Wildman–Crippen LogP) is 1.67. The Morgan fingerprint density at radius 1 is 1.26 bits per heavy atom. The van der Waals surface area contributed by atoms with Crippen LogP contribution in [0.4, 0.5) is 5.69 Å². The van der Waals surface area contributed by atoms with E-state index >= 15 is 0 Å². The highest BCUT2D eigenvalue weighted by atomic mass is 35.5. The van der Waals surface area contributed by atoms with E-state index in [1.807, 2.05) is 0 Å². The molecule has 0 aliphatic heterocycles. The number of carbonyl (C=O) groups excluding carboxylic acids is 2. The number of carbonyl (C=O) groups is 2. The molecule has 0 spiro atoms. The van der Waals surface area contributed by atoms with E-state index in [0.717, 1.165) is 0 Å². The van der Waals surface area contributed by atoms with E-state index in [0.29, 0.717) is 21.8 Å². The summed E-state index contributed by atoms with van der Waals surface area (Å²) in [6.45, 7) is 0. The Bertz CT molecular complexity index is 610. The number of amides is 2. The lowest BCUT2D eigenvalue weighted by atomic mass is 10.2. The minimum atomic E-state index is -0.357. The van der Waals surface area contributed by atoms with Crippen molar-refractivity contribution >= 4 is 29.1 Å². The molecule has 2 aromatic rings. The molecular weight excluding hydrogens is 268 g/mol. The van der Waals surface area contributed by atoms with Gasteiger partial charge in [-0.15, -0.1) is 0 Å². The van der Waals surface area contributed by atoms with Crippen molar-refractivity contribution in [3.8, 4) is 0 Å². The van der Waals surface area contributed by atoms with E-state index in [9.17, 15) is 9.59 Å². The highest BCUT2D eigenvalue weighted by Crippen LogP contribution is 2.23. The Hall–Kier alpha value is -2.34. The van der Waals surface area contributed by atoms with Gasteiger partial charge < -0.3 is 10.6 Å². The molecule has 1 aromatic heterocycles. The van der Waals surface area contributed by atoms with Gasteiger partial charge in [0.2, 0.25) is 0 Å². The molecule has 19 heavy (non-hydrogen) atoms. The molecule has 0 fully saturated rings. The SMILES string of the molecule is CNC(=O)c1ccc(Cl)c(NC(=O)c2cn[nH]c2)c1. The minimum absolute atomic E-state index is 0.254. The van der Waals surface area contributed by atoms with Crippen LogP contribution in [0, 0.1) is 0 Å². The molecule has 3 N–H and O–H groups in total. The Labute approximate surface area is 114 Å². The molecule has 0 saturated heterocycles. The molecular formula is C12H11ClN4O2. The fourth-order valence-corrected chi connectivity index (χ4v) is 1.64. The van der Waals surface area contributed by atoms with Gasteiger partial charge in [-0.05, 0) is 18.2 Å². The lowest BCUT2D eigenvalue weighted by molar-refractivity contribution is 0.0961. The van der Waals surface area contributed by atoms with Crippen molar-refractivity contribution in [3.63, 3.8) is 0 Å². The number of aromatic nitrogens is 2. The topological polar surface area (TPSA) is 86.9 Å². The fraction of sp³-hybridized carbons (Fsp3) is 0.0833. The number of aromatic amines is 1. The average Bonchev–Trinajstić information content (AvgIpc) is 2.94. The number of nitrogens with one attached hydrogen (secondary N) is 3. The van der Waals surface area contributed by atoms with Gasteiger partial charge in [0.1, 0.15) is 0 Å². The van der Waals surface area contributed by atoms with Gasteiger partial charge in [-0.3, -0.25) is 14.7 Å². The van der Waals surface area contributed by atoms with Crippen molar-refractivity contribution < 1.29 is 9.59 Å². The van der Waals surface area contributed by atoms with E-state index < -0.39 is 0 Å². The van der Waals surface area contributed by atoms with Crippen LogP contribution in [-0.2, 0) is 0 Å². The van der Waals surface area contributed by atoms with Crippen LogP contribution in [-0.4, -0.2) is 29.1 Å². The van der Waals surface area contributed by atoms with Gasteiger partial charge in [0.15, 0.2) is 0 Å². The monoisotopic (exact) mass is 278 g/mol. The molecule has 0 unspecified atom stereocenters. The molecule has 0 atom stereocenters. The van der Waals surface area contributed by atoms with Crippen molar-refractivity contribution in [3.05, 3.63) is 46.7 Å². The number of halogens is 1. The van der Waals surface area contributed by atoms with Gasteiger partial charge >= 0.3 is 0 Å². The number of nitrogens with zero attached hydrogens (tertiary/aromatic N) is 1. The quantitative estimate of drug-likeness (QED) is 0.798. The molecule has 98 valence electrons. The van der Waals surface area contributed by atoms with Crippen LogP contribution < -0.4 is 10.6 Å². The number of rotatable bonds is 3. The minimum Gasteiger partial charge on any atom is -0.355 e. The molecule has 7 heteroatoms.